The second kappa shape index (κ2) is 7.49. The maximum Gasteiger partial charge on any atom is 0.363 e. The molecule has 5 heteroatoms. The zero-order valence-corrected chi connectivity index (χ0v) is 13.9. The molecular weight excluding hydrogens is 318 g/mol. The van der Waals surface area contributed by atoms with Crippen molar-refractivity contribution >= 4 is 24.0 Å². The Hall–Kier alpha value is -3.34. The van der Waals surface area contributed by atoms with Crippen LogP contribution in [-0.4, -0.2) is 26.1 Å². The largest absolute Gasteiger partial charge is 0.497 e. The molecule has 0 amide bonds. The van der Waals surface area contributed by atoms with Gasteiger partial charge in [0.1, 0.15) is 11.5 Å². The zero-order chi connectivity index (χ0) is 17.6. The van der Waals surface area contributed by atoms with Gasteiger partial charge in [-0.2, -0.15) is 0 Å². The van der Waals surface area contributed by atoms with E-state index in [1.54, 1.807) is 44.6 Å². The van der Waals surface area contributed by atoms with Gasteiger partial charge in [0.15, 0.2) is 5.70 Å². The first-order chi connectivity index (χ1) is 12.2. The molecule has 2 aromatic rings. The molecule has 0 N–H and O–H groups in total. The number of benzene rings is 2. The molecule has 0 unspecified atom stereocenters. The number of carbonyl (C=O) groups is 1. The van der Waals surface area contributed by atoms with Gasteiger partial charge in [-0.15, -0.1) is 0 Å². The summed E-state index contributed by atoms with van der Waals surface area (Å²) < 4.78 is 15.7. The predicted octanol–water partition coefficient (Wildman–Crippen LogP) is 3.71. The van der Waals surface area contributed by atoms with Crippen LogP contribution < -0.4 is 9.47 Å². The van der Waals surface area contributed by atoms with Crippen molar-refractivity contribution < 1.29 is 19.0 Å². The number of hydrogen-bond acceptors (Lipinski definition) is 5. The monoisotopic (exact) mass is 335 g/mol. The highest BCUT2D eigenvalue weighted by Gasteiger charge is 2.21. The fourth-order valence-corrected chi connectivity index (χ4v) is 2.31. The Kier molecular flexibility index (Phi) is 4.95. The van der Waals surface area contributed by atoms with Gasteiger partial charge in [-0.1, -0.05) is 30.3 Å². The SMILES string of the molecule is COc1ccc(/C=C2N=C(/C=C/c3ccccc3)OC\2=O)c(OC)c1. The van der Waals surface area contributed by atoms with E-state index >= 15 is 0 Å². The van der Waals surface area contributed by atoms with E-state index in [2.05, 4.69) is 4.99 Å². The molecule has 0 aromatic heterocycles. The number of hydrogen-bond donors (Lipinski definition) is 0. The van der Waals surface area contributed by atoms with Crippen molar-refractivity contribution in [2.75, 3.05) is 14.2 Å². The molecule has 1 aliphatic heterocycles. The molecule has 5 nitrogen and oxygen atoms in total. The number of rotatable bonds is 5. The van der Waals surface area contributed by atoms with Crippen LogP contribution in [0.4, 0.5) is 0 Å². The fraction of sp³-hybridized carbons (Fsp3) is 0.100. The minimum Gasteiger partial charge on any atom is -0.497 e. The molecule has 0 atom stereocenters. The van der Waals surface area contributed by atoms with Crippen molar-refractivity contribution in [3.63, 3.8) is 0 Å². The van der Waals surface area contributed by atoms with Crippen molar-refractivity contribution in [2.24, 2.45) is 4.99 Å². The molecule has 25 heavy (non-hydrogen) atoms. The maximum absolute atomic E-state index is 12.0. The first-order valence-corrected chi connectivity index (χ1v) is 7.67. The third kappa shape index (κ3) is 3.95. The molecule has 3 rings (SSSR count). The Morgan fingerprint density at radius 1 is 1.00 bits per heavy atom. The van der Waals surface area contributed by atoms with Gasteiger partial charge in [-0.05, 0) is 29.8 Å². The third-order valence-electron chi connectivity index (χ3n) is 3.59. The lowest BCUT2D eigenvalue weighted by Crippen LogP contribution is -2.01. The first-order valence-electron chi connectivity index (χ1n) is 7.67. The molecule has 0 radical (unpaired) electrons. The second-order valence-electron chi connectivity index (χ2n) is 5.22. The van der Waals surface area contributed by atoms with Gasteiger partial charge < -0.3 is 14.2 Å². The van der Waals surface area contributed by atoms with Crippen LogP contribution in [0.25, 0.3) is 12.2 Å². The number of carbonyl (C=O) groups excluding carboxylic acids is 1. The third-order valence-corrected chi connectivity index (χ3v) is 3.59. The van der Waals surface area contributed by atoms with Gasteiger partial charge in [0.25, 0.3) is 0 Å². The Labute approximate surface area is 145 Å². The summed E-state index contributed by atoms with van der Waals surface area (Å²) in [6, 6.07) is 15.0. The average Bonchev–Trinajstić information content (AvgIpc) is 3.00. The summed E-state index contributed by atoms with van der Waals surface area (Å²) in [6.07, 6.45) is 5.13. The Bertz CT molecular complexity index is 867. The summed E-state index contributed by atoms with van der Waals surface area (Å²) in [5, 5.41) is 0. The number of cyclic esters (lactones) is 1. The normalized spacial score (nSPS) is 15.4. The number of aliphatic imine (C=N–C) groups is 1. The number of ether oxygens (including phenoxy) is 3. The molecule has 2 aromatic carbocycles. The Morgan fingerprint density at radius 3 is 2.52 bits per heavy atom. The minimum atomic E-state index is -0.495. The summed E-state index contributed by atoms with van der Waals surface area (Å²) in [7, 11) is 3.14. The van der Waals surface area contributed by atoms with Gasteiger partial charge in [-0.3, -0.25) is 0 Å². The molecule has 0 saturated carbocycles. The summed E-state index contributed by atoms with van der Waals surface area (Å²) >= 11 is 0. The molecule has 0 bridgehead atoms. The van der Waals surface area contributed by atoms with E-state index in [0.717, 1.165) is 5.56 Å². The summed E-state index contributed by atoms with van der Waals surface area (Å²) in [4.78, 5) is 16.2. The van der Waals surface area contributed by atoms with Crippen LogP contribution in [0.1, 0.15) is 11.1 Å². The van der Waals surface area contributed by atoms with Crippen LogP contribution in [0.15, 0.2) is 65.3 Å². The van der Waals surface area contributed by atoms with Gasteiger partial charge >= 0.3 is 5.97 Å². The van der Waals surface area contributed by atoms with Crippen LogP contribution in [0.5, 0.6) is 11.5 Å². The summed E-state index contributed by atoms with van der Waals surface area (Å²) in [6.45, 7) is 0. The van der Waals surface area contributed by atoms with E-state index in [0.29, 0.717) is 17.1 Å². The minimum absolute atomic E-state index is 0.219. The van der Waals surface area contributed by atoms with Crippen molar-refractivity contribution in [2.45, 2.75) is 0 Å². The molecule has 0 saturated heterocycles. The molecule has 0 fully saturated rings. The van der Waals surface area contributed by atoms with E-state index in [-0.39, 0.29) is 11.6 Å². The van der Waals surface area contributed by atoms with E-state index in [1.807, 2.05) is 36.4 Å². The van der Waals surface area contributed by atoms with Crippen LogP contribution in [-0.2, 0) is 9.53 Å². The number of methoxy groups -OCH3 is 2. The zero-order valence-electron chi connectivity index (χ0n) is 13.9. The van der Waals surface area contributed by atoms with Gasteiger partial charge in [-0.25, -0.2) is 9.79 Å². The highest BCUT2D eigenvalue weighted by Crippen LogP contribution is 2.28. The lowest BCUT2D eigenvalue weighted by Gasteiger charge is -2.07. The lowest BCUT2D eigenvalue weighted by atomic mass is 10.1. The van der Waals surface area contributed by atoms with Crippen LogP contribution >= 0.6 is 0 Å². The van der Waals surface area contributed by atoms with Crippen LogP contribution in [0.3, 0.4) is 0 Å². The lowest BCUT2D eigenvalue weighted by molar-refractivity contribution is -0.129. The van der Waals surface area contributed by atoms with E-state index in [1.165, 1.54) is 0 Å². The van der Waals surface area contributed by atoms with Crippen molar-refractivity contribution in [3.05, 3.63) is 71.4 Å². The van der Waals surface area contributed by atoms with Crippen molar-refractivity contribution in [1.82, 2.24) is 0 Å². The van der Waals surface area contributed by atoms with Crippen LogP contribution in [0, 0.1) is 0 Å². The molecule has 1 heterocycles. The van der Waals surface area contributed by atoms with Gasteiger partial charge in [0.2, 0.25) is 5.90 Å². The second-order valence-corrected chi connectivity index (χ2v) is 5.22. The van der Waals surface area contributed by atoms with E-state index < -0.39 is 5.97 Å². The Morgan fingerprint density at radius 2 is 1.80 bits per heavy atom. The average molecular weight is 335 g/mol. The predicted molar refractivity (Wildman–Crippen MR) is 96.5 cm³/mol. The maximum atomic E-state index is 12.0. The van der Waals surface area contributed by atoms with E-state index in [9.17, 15) is 4.79 Å². The number of esters is 1. The first kappa shape index (κ1) is 16.5. The molecule has 126 valence electrons. The van der Waals surface area contributed by atoms with Gasteiger partial charge in [0, 0.05) is 17.7 Å². The highest BCUT2D eigenvalue weighted by atomic mass is 16.6. The summed E-state index contributed by atoms with van der Waals surface area (Å²) in [5.74, 6) is 1.02. The smallest absolute Gasteiger partial charge is 0.363 e. The Balaban J connectivity index is 1.85. The molecular formula is C20H17NO4. The van der Waals surface area contributed by atoms with Crippen molar-refractivity contribution in [3.8, 4) is 11.5 Å². The molecule has 0 spiro atoms. The molecule has 0 aliphatic carbocycles. The summed E-state index contributed by atoms with van der Waals surface area (Å²) in [5.41, 5.74) is 1.93. The van der Waals surface area contributed by atoms with Crippen molar-refractivity contribution in [1.29, 1.82) is 0 Å². The van der Waals surface area contributed by atoms with Gasteiger partial charge in [0.05, 0.1) is 14.2 Å². The fourth-order valence-electron chi connectivity index (χ4n) is 2.31. The molecule has 1 aliphatic rings. The highest BCUT2D eigenvalue weighted by molar-refractivity contribution is 6.11. The number of nitrogens with zero attached hydrogens (tertiary/aromatic N) is 1. The standard InChI is InChI=1S/C20H17NO4/c1-23-16-10-9-15(18(13-16)24-2)12-17-20(22)25-19(21-17)11-8-14-6-4-3-5-7-14/h3-13H,1-2H3/b11-8+,17-12-. The topological polar surface area (TPSA) is 57.1 Å². The van der Waals surface area contributed by atoms with E-state index in [4.69, 9.17) is 14.2 Å². The van der Waals surface area contributed by atoms with Crippen LogP contribution in [0.2, 0.25) is 0 Å². The quantitative estimate of drug-likeness (QED) is 0.617.